The van der Waals surface area contributed by atoms with Crippen LogP contribution in [0.15, 0.2) is 0 Å². The van der Waals surface area contributed by atoms with Crippen LogP contribution >= 0.6 is 0 Å². The Labute approximate surface area is 140 Å². The predicted octanol–water partition coefficient (Wildman–Crippen LogP) is 4.15. The van der Waals surface area contributed by atoms with Crippen LogP contribution in [0, 0.1) is 5.41 Å². The summed E-state index contributed by atoms with van der Waals surface area (Å²) in [5.74, 6) is -0.252. The van der Waals surface area contributed by atoms with Crippen molar-refractivity contribution in [2.75, 3.05) is 13.2 Å². The van der Waals surface area contributed by atoms with Crippen molar-refractivity contribution in [1.82, 2.24) is 4.90 Å². The minimum absolute atomic E-state index is 0.154. The maximum Gasteiger partial charge on any atom is 0.410 e. The molecule has 1 aliphatic rings. The molecule has 0 saturated heterocycles. The van der Waals surface area contributed by atoms with Gasteiger partial charge in [0.2, 0.25) is 0 Å². The van der Waals surface area contributed by atoms with E-state index in [2.05, 4.69) is 20.8 Å². The lowest BCUT2D eigenvalue weighted by Crippen LogP contribution is -2.54. The van der Waals surface area contributed by atoms with E-state index in [9.17, 15) is 9.59 Å². The monoisotopic (exact) mass is 327 g/mol. The first-order chi connectivity index (χ1) is 10.8. The van der Waals surface area contributed by atoms with Gasteiger partial charge in [-0.15, -0.1) is 0 Å². The van der Waals surface area contributed by atoms with Gasteiger partial charge in [-0.25, -0.2) is 4.79 Å². The van der Waals surface area contributed by atoms with Crippen LogP contribution in [0.3, 0.4) is 0 Å². The van der Waals surface area contributed by atoms with Crippen molar-refractivity contribution in [3.8, 4) is 0 Å². The summed E-state index contributed by atoms with van der Waals surface area (Å²) in [7, 11) is 0. The number of hydrogen-bond donors (Lipinski definition) is 0. The number of esters is 1. The summed E-state index contributed by atoms with van der Waals surface area (Å²) in [6.45, 7) is 10.5. The van der Waals surface area contributed by atoms with Crippen LogP contribution in [0.2, 0.25) is 0 Å². The molecule has 0 aromatic carbocycles. The fourth-order valence-electron chi connectivity index (χ4n) is 3.29. The van der Waals surface area contributed by atoms with E-state index >= 15 is 0 Å². The van der Waals surface area contributed by atoms with Gasteiger partial charge in [-0.1, -0.05) is 40.0 Å². The smallest absolute Gasteiger partial charge is 0.410 e. The van der Waals surface area contributed by atoms with Gasteiger partial charge in [0.1, 0.15) is 0 Å². The van der Waals surface area contributed by atoms with Crippen molar-refractivity contribution in [2.45, 2.75) is 85.2 Å². The highest BCUT2D eigenvalue weighted by atomic mass is 16.6. The van der Waals surface area contributed by atoms with E-state index in [1.807, 2.05) is 11.8 Å². The van der Waals surface area contributed by atoms with Gasteiger partial charge in [-0.05, 0) is 32.1 Å². The first kappa shape index (κ1) is 19.8. The number of ether oxygens (including phenoxy) is 2. The number of rotatable bonds is 6. The molecule has 5 heteroatoms. The third-order valence-electron chi connectivity index (χ3n) is 4.45. The number of nitrogens with zero attached hydrogens (tertiary/aromatic N) is 1. The molecular weight excluding hydrogens is 294 g/mol. The molecule has 1 unspecified atom stereocenters. The van der Waals surface area contributed by atoms with Gasteiger partial charge in [0.15, 0.2) is 0 Å². The van der Waals surface area contributed by atoms with E-state index in [-0.39, 0.29) is 36.0 Å². The Balaban J connectivity index is 3.03. The maximum absolute atomic E-state index is 12.6. The maximum atomic E-state index is 12.6. The molecule has 1 aliphatic carbocycles. The van der Waals surface area contributed by atoms with Crippen LogP contribution in [-0.4, -0.2) is 42.3 Å². The van der Waals surface area contributed by atoms with Gasteiger partial charge >= 0.3 is 12.1 Å². The average molecular weight is 327 g/mol. The molecule has 0 aliphatic heterocycles. The Morgan fingerprint density at radius 1 is 1.04 bits per heavy atom. The lowest BCUT2D eigenvalue weighted by Gasteiger charge is -2.44. The second-order valence-corrected chi connectivity index (χ2v) is 7.29. The Hall–Kier alpha value is -1.26. The Morgan fingerprint density at radius 3 is 2.09 bits per heavy atom. The molecule has 1 saturated carbocycles. The lowest BCUT2D eigenvalue weighted by atomic mass is 9.81. The van der Waals surface area contributed by atoms with E-state index in [0.717, 1.165) is 25.7 Å². The molecule has 1 amide bonds. The van der Waals surface area contributed by atoms with Crippen molar-refractivity contribution in [3.63, 3.8) is 0 Å². The zero-order valence-corrected chi connectivity index (χ0v) is 15.4. The summed E-state index contributed by atoms with van der Waals surface area (Å²) < 4.78 is 10.4. The number of hydrogen-bond acceptors (Lipinski definition) is 4. The molecule has 23 heavy (non-hydrogen) atoms. The largest absolute Gasteiger partial charge is 0.466 e. The number of carbonyl (C=O) groups is 2. The van der Waals surface area contributed by atoms with Crippen molar-refractivity contribution in [3.05, 3.63) is 0 Å². The summed E-state index contributed by atoms with van der Waals surface area (Å²) in [6, 6.07) is -0.0647. The molecule has 0 heterocycles. The van der Waals surface area contributed by atoms with Crippen LogP contribution in [-0.2, 0) is 14.3 Å². The van der Waals surface area contributed by atoms with Crippen LogP contribution < -0.4 is 0 Å². The van der Waals surface area contributed by atoms with Crippen molar-refractivity contribution >= 4 is 12.1 Å². The second-order valence-electron chi connectivity index (χ2n) is 7.29. The minimum Gasteiger partial charge on any atom is -0.466 e. The summed E-state index contributed by atoms with van der Waals surface area (Å²) in [5.41, 5.74) is -0.225. The molecule has 1 atom stereocenters. The molecular formula is C18H33NO4. The zero-order chi connectivity index (χ0) is 17.5. The normalized spacial score (nSPS) is 17.4. The van der Waals surface area contributed by atoms with E-state index in [1.165, 1.54) is 6.42 Å². The second kappa shape index (κ2) is 9.14. The number of carbonyl (C=O) groups excluding carboxylic acids is 2. The SMILES string of the molecule is CCOC(=O)CC(N(C(=O)OCC)C1CCCCC1)C(C)(C)C. The molecule has 1 fully saturated rings. The molecule has 0 radical (unpaired) electrons. The topological polar surface area (TPSA) is 55.8 Å². The van der Waals surface area contributed by atoms with E-state index in [0.29, 0.717) is 13.2 Å². The average Bonchev–Trinajstić information content (AvgIpc) is 2.47. The number of amides is 1. The fourth-order valence-corrected chi connectivity index (χ4v) is 3.29. The third kappa shape index (κ3) is 6.04. The summed E-state index contributed by atoms with van der Waals surface area (Å²) in [6.07, 6.45) is 5.33. The third-order valence-corrected chi connectivity index (χ3v) is 4.45. The summed E-state index contributed by atoms with van der Waals surface area (Å²) >= 11 is 0. The predicted molar refractivity (Wildman–Crippen MR) is 90.2 cm³/mol. The Bertz CT molecular complexity index is 383. The van der Waals surface area contributed by atoms with Crippen LogP contribution in [0.4, 0.5) is 4.79 Å². The van der Waals surface area contributed by atoms with Crippen LogP contribution in [0.5, 0.6) is 0 Å². The van der Waals surface area contributed by atoms with Gasteiger partial charge in [0, 0.05) is 6.04 Å². The standard InChI is InChI=1S/C18H33NO4/c1-6-22-16(20)13-15(18(3,4)5)19(17(21)23-7-2)14-11-9-8-10-12-14/h14-15H,6-13H2,1-5H3. The zero-order valence-electron chi connectivity index (χ0n) is 15.4. The van der Waals surface area contributed by atoms with Gasteiger partial charge in [-0.2, -0.15) is 0 Å². The van der Waals surface area contributed by atoms with E-state index < -0.39 is 0 Å². The molecule has 0 aromatic heterocycles. The minimum atomic E-state index is -0.302. The van der Waals surface area contributed by atoms with Crippen LogP contribution in [0.25, 0.3) is 0 Å². The molecule has 0 aromatic rings. The molecule has 5 nitrogen and oxygen atoms in total. The van der Waals surface area contributed by atoms with Gasteiger partial charge < -0.3 is 14.4 Å². The first-order valence-electron chi connectivity index (χ1n) is 8.92. The summed E-state index contributed by atoms with van der Waals surface area (Å²) in [5, 5.41) is 0. The molecule has 0 bridgehead atoms. The van der Waals surface area contributed by atoms with E-state index in [1.54, 1.807) is 6.92 Å². The summed E-state index contributed by atoms with van der Waals surface area (Å²) in [4.78, 5) is 26.5. The van der Waals surface area contributed by atoms with Crippen LogP contribution in [0.1, 0.15) is 73.1 Å². The highest BCUT2D eigenvalue weighted by Gasteiger charge is 2.40. The molecule has 134 valence electrons. The fraction of sp³-hybridized carbons (Fsp3) is 0.889. The van der Waals surface area contributed by atoms with Gasteiger partial charge in [-0.3, -0.25) is 4.79 Å². The molecule has 1 rings (SSSR count). The van der Waals surface area contributed by atoms with Gasteiger partial charge in [0.25, 0.3) is 0 Å². The van der Waals surface area contributed by atoms with Crippen molar-refractivity contribution in [2.24, 2.45) is 5.41 Å². The van der Waals surface area contributed by atoms with Gasteiger partial charge in [0.05, 0.1) is 25.7 Å². The van der Waals surface area contributed by atoms with Crippen molar-refractivity contribution < 1.29 is 19.1 Å². The highest BCUT2D eigenvalue weighted by Crippen LogP contribution is 2.33. The molecule has 0 N–H and O–H groups in total. The Morgan fingerprint density at radius 2 is 1.61 bits per heavy atom. The lowest BCUT2D eigenvalue weighted by molar-refractivity contribution is -0.145. The van der Waals surface area contributed by atoms with E-state index in [4.69, 9.17) is 9.47 Å². The first-order valence-corrected chi connectivity index (χ1v) is 8.92. The quantitative estimate of drug-likeness (QED) is 0.688. The molecule has 0 spiro atoms. The highest BCUT2D eigenvalue weighted by molar-refractivity contribution is 5.73. The van der Waals surface area contributed by atoms with Crippen molar-refractivity contribution in [1.29, 1.82) is 0 Å². The Kier molecular flexibility index (Phi) is 7.86.